The summed E-state index contributed by atoms with van der Waals surface area (Å²) in [5, 5.41) is 9.12. The summed E-state index contributed by atoms with van der Waals surface area (Å²) in [5.41, 5.74) is 14.4. The van der Waals surface area contributed by atoms with E-state index in [0.717, 1.165) is 11.1 Å². The molecule has 0 spiro atoms. The number of carboxylic acid groups (broad SMARTS) is 1. The zero-order valence-corrected chi connectivity index (χ0v) is 11.1. The fraction of sp³-hybridized carbons (Fsp3) is 0.188. The second kappa shape index (κ2) is 6.21. The van der Waals surface area contributed by atoms with E-state index in [2.05, 4.69) is 0 Å². The number of nitrogen functional groups attached to an aromatic ring is 1. The van der Waals surface area contributed by atoms with Gasteiger partial charge in [-0.05, 0) is 23.3 Å². The fourth-order valence-electron chi connectivity index (χ4n) is 2.29. The van der Waals surface area contributed by atoms with Crippen LogP contribution in [0.15, 0.2) is 54.6 Å². The van der Waals surface area contributed by atoms with E-state index in [9.17, 15) is 4.79 Å². The van der Waals surface area contributed by atoms with E-state index in [1.54, 1.807) is 12.1 Å². The molecule has 0 aliphatic carbocycles. The van der Waals surface area contributed by atoms with Gasteiger partial charge >= 0.3 is 5.97 Å². The molecular weight excluding hydrogens is 252 g/mol. The molecule has 2 aromatic carbocycles. The van der Waals surface area contributed by atoms with Crippen LogP contribution in [0.5, 0.6) is 0 Å². The molecule has 0 aliphatic heterocycles. The minimum absolute atomic E-state index is 0.0139. The number of carboxylic acids is 1. The maximum absolute atomic E-state index is 11.1. The van der Waals surface area contributed by atoms with E-state index in [4.69, 9.17) is 16.6 Å². The molecule has 0 bridgehead atoms. The van der Waals surface area contributed by atoms with Crippen molar-refractivity contribution >= 4 is 11.7 Å². The highest BCUT2D eigenvalue weighted by Gasteiger charge is 2.24. The topological polar surface area (TPSA) is 89.3 Å². The summed E-state index contributed by atoms with van der Waals surface area (Å²) in [6.45, 7) is 0. The summed E-state index contributed by atoms with van der Waals surface area (Å²) in [6.07, 6.45) is -0.0139. The number of aliphatic carboxylic acids is 1. The highest BCUT2D eigenvalue weighted by molar-refractivity contribution is 5.68. The average molecular weight is 270 g/mol. The lowest BCUT2D eigenvalue weighted by Crippen LogP contribution is -2.22. The SMILES string of the molecule is Nc1ccc(C(CC(=O)O)C(N)c2ccccc2)cc1. The lowest BCUT2D eigenvalue weighted by molar-refractivity contribution is -0.137. The van der Waals surface area contributed by atoms with Gasteiger partial charge < -0.3 is 16.6 Å². The average Bonchev–Trinajstić information content (AvgIpc) is 2.46. The van der Waals surface area contributed by atoms with Crippen LogP contribution in [-0.4, -0.2) is 11.1 Å². The molecule has 2 aromatic rings. The van der Waals surface area contributed by atoms with Crippen molar-refractivity contribution < 1.29 is 9.90 Å². The maximum atomic E-state index is 11.1. The van der Waals surface area contributed by atoms with Gasteiger partial charge in [0.25, 0.3) is 0 Å². The van der Waals surface area contributed by atoms with Crippen molar-refractivity contribution in [1.82, 2.24) is 0 Å². The highest BCUT2D eigenvalue weighted by Crippen LogP contribution is 2.32. The summed E-state index contributed by atoms with van der Waals surface area (Å²) in [5.74, 6) is -1.14. The normalized spacial score (nSPS) is 13.7. The van der Waals surface area contributed by atoms with Crippen LogP contribution < -0.4 is 11.5 Å². The Balaban J connectivity index is 2.32. The Bertz CT molecular complexity index is 567. The Morgan fingerprint density at radius 2 is 1.60 bits per heavy atom. The third-order valence-electron chi connectivity index (χ3n) is 3.38. The van der Waals surface area contributed by atoms with E-state index in [1.165, 1.54) is 0 Å². The van der Waals surface area contributed by atoms with E-state index >= 15 is 0 Å². The third-order valence-corrected chi connectivity index (χ3v) is 3.38. The number of rotatable bonds is 5. The number of anilines is 1. The Morgan fingerprint density at radius 3 is 2.15 bits per heavy atom. The standard InChI is InChI=1S/C16H18N2O2/c17-13-8-6-11(7-9-13)14(10-15(19)20)16(18)12-4-2-1-3-5-12/h1-9,14,16H,10,17-18H2,(H,19,20). The van der Waals surface area contributed by atoms with Crippen molar-refractivity contribution in [2.45, 2.75) is 18.4 Å². The van der Waals surface area contributed by atoms with Gasteiger partial charge in [-0.3, -0.25) is 4.79 Å². The highest BCUT2D eigenvalue weighted by atomic mass is 16.4. The number of benzene rings is 2. The largest absolute Gasteiger partial charge is 0.481 e. The first-order valence-electron chi connectivity index (χ1n) is 6.45. The molecule has 2 atom stereocenters. The molecule has 20 heavy (non-hydrogen) atoms. The molecule has 4 heteroatoms. The maximum Gasteiger partial charge on any atom is 0.304 e. The van der Waals surface area contributed by atoms with Crippen molar-refractivity contribution in [2.75, 3.05) is 5.73 Å². The van der Waals surface area contributed by atoms with E-state index in [1.807, 2.05) is 42.5 Å². The Morgan fingerprint density at radius 1 is 1.00 bits per heavy atom. The number of hydrogen-bond acceptors (Lipinski definition) is 3. The first kappa shape index (κ1) is 14.1. The summed E-state index contributed by atoms with van der Waals surface area (Å²) in [7, 11) is 0. The van der Waals surface area contributed by atoms with Crippen LogP contribution in [0.25, 0.3) is 0 Å². The molecule has 0 aromatic heterocycles. The van der Waals surface area contributed by atoms with Crippen LogP contribution in [0.2, 0.25) is 0 Å². The van der Waals surface area contributed by atoms with Gasteiger partial charge in [-0.1, -0.05) is 42.5 Å². The van der Waals surface area contributed by atoms with Crippen molar-refractivity contribution in [2.24, 2.45) is 5.73 Å². The smallest absolute Gasteiger partial charge is 0.304 e. The van der Waals surface area contributed by atoms with E-state index in [-0.39, 0.29) is 18.4 Å². The Kier molecular flexibility index (Phi) is 4.38. The van der Waals surface area contributed by atoms with Gasteiger partial charge in [0.15, 0.2) is 0 Å². The van der Waals surface area contributed by atoms with Crippen molar-refractivity contribution in [3.05, 3.63) is 65.7 Å². The molecule has 0 heterocycles. The molecule has 0 radical (unpaired) electrons. The minimum Gasteiger partial charge on any atom is -0.481 e. The van der Waals surface area contributed by atoms with Crippen LogP contribution in [0.3, 0.4) is 0 Å². The van der Waals surface area contributed by atoms with Crippen LogP contribution in [0.4, 0.5) is 5.69 Å². The second-order valence-corrected chi connectivity index (χ2v) is 4.81. The zero-order chi connectivity index (χ0) is 14.5. The molecule has 0 saturated carbocycles. The Hall–Kier alpha value is -2.33. The lowest BCUT2D eigenvalue weighted by atomic mass is 9.85. The number of hydrogen-bond donors (Lipinski definition) is 3. The van der Waals surface area contributed by atoms with Crippen LogP contribution in [0, 0.1) is 0 Å². The van der Waals surface area contributed by atoms with E-state index < -0.39 is 5.97 Å². The lowest BCUT2D eigenvalue weighted by Gasteiger charge is -2.23. The van der Waals surface area contributed by atoms with Gasteiger partial charge in [0.1, 0.15) is 0 Å². The molecular formula is C16H18N2O2. The minimum atomic E-state index is -0.863. The van der Waals surface area contributed by atoms with Crippen LogP contribution in [-0.2, 0) is 4.79 Å². The fourth-order valence-corrected chi connectivity index (χ4v) is 2.29. The van der Waals surface area contributed by atoms with Gasteiger partial charge in [-0.25, -0.2) is 0 Å². The number of nitrogens with two attached hydrogens (primary N) is 2. The number of carbonyl (C=O) groups is 1. The van der Waals surface area contributed by atoms with Gasteiger partial charge in [-0.15, -0.1) is 0 Å². The predicted octanol–water partition coefficient (Wildman–Crippen LogP) is 2.53. The van der Waals surface area contributed by atoms with Gasteiger partial charge in [-0.2, -0.15) is 0 Å². The molecule has 104 valence electrons. The molecule has 0 aliphatic rings. The Labute approximate surface area is 118 Å². The second-order valence-electron chi connectivity index (χ2n) is 4.81. The van der Waals surface area contributed by atoms with Crippen LogP contribution in [0.1, 0.15) is 29.5 Å². The molecule has 0 fully saturated rings. The van der Waals surface area contributed by atoms with Crippen LogP contribution >= 0.6 is 0 Å². The molecule has 2 unspecified atom stereocenters. The summed E-state index contributed by atoms with van der Waals surface area (Å²) < 4.78 is 0. The molecule has 5 N–H and O–H groups in total. The summed E-state index contributed by atoms with van der Waals surface area (Å²) >= 11 is 0. The van der Waals surface area contributed by atoms with Crippen molar-refractivity contribution in [3.8, 4) is 0 Å². The van der Waals surface area contributed by atoms with Gasteiger partial charge in [0, 0.05) is 17.6 Å². The predicted molar refractivity (Wildman–Crippen MR) is 79.2 cm³/mol. The van der Waals surface area contributed by atoms with Gasteiger partial charge in [0.05, 0.1) is 6.42 Å². The summed E-state index contributed by atoms with van der Waals surface area (Å²) in [6, 6.07) is 16.4. The molecule has 2 rings (SSSR count). The van der Waals surface area contributed by atoms with Crippen molar-refractivity contribution in [1.29, 1.82) is 0 Å². The van der Waals surface area contributed by atoms with E-state index in [0.29, 0.717) is 5.69 Å². The molecule has 0 saturated heterocycles. The quantitative estimate of drug-likeness (QED) is 0.728. The third kappa shape index (κ3) is 3.36. The summed E-state index contributed by atoms with van der Waals surface area (Å²) in [4.78, 5) is 11.1. The monoisotopic (exact) mass is 270 g/mol. The zero-order valence-electron chi connectivity index (χ0n) is 11.1. The van der Waals surface area contributed by atoms with Crippen molar-refractivity contribution in [3.63, 3.8) is 0 Å². The molecule has 4 nitrogen and oxygen atoms in total. The molecule has 0 amide bonds. The van der Waals surface area contributed by atoms with Gasteiger partial charge in [0.2, 0.25) is 0 Å². The first-order chi connectivity index (χ1) is 9.58. The first-order valence-corrected chi connectivity index (χ1v) is 6.45.